The monoisotopic (exact) mass is 256 g/mol. The maximum Gasteiger partial charge on any atom is 0.162 e. The molecule has 1 N–H and O–H groups in total. The number of allylic oxidation sites excluding steroid dienone is 2. The molecule has 98 valence electrons. The third kappa shape index (κ3) is 4.06. The lowest BCUT2D eigenvalue weighted by Crippen LogP contribution is -2.22. The van der Waals surface area contributed by atoms with Gasteiger partial charge in [0.1, 0.15) is 0 Å². The highest BCUT2D eigenvalue weighted by atomic mass is 32.2. The summed E-state index contributed by atoms with van der Waals surface area (Å²) in [4.78, 5) is 11.9. The summed E-state index contributed by atoms with van der Waals surface area (Å²) in [5.41, 5.74) is 0.738. The Morgan fingerprint density at radius 2 is 2.24 bits per heavy atom. The van der Waals surface area contributed by atoms with Crippen LogP contribution in [-0.2, 0) is 4.79 Å². The van der Waals surface area contributed by atoms with Gasteiger partial charge < -0.3 is 5.11 Å². The third-order valence-corrected chi connectivity index (χ3v) is 4.47. The van der Waals surface area contributed by atoms with Gasteiger partial charge in [-0.3, -0.25) is 4.79 Å². The van der Waals surface area contributed by atoms with Crippen LogP contribution in [0.15, 0.2) is 11.3 Å². The largest absolute Gasteiger partial charge is 0.512 e. The van der Waals surface area contributed by atoms with Gasteiger partial charge in [0.2, 0.25) is 0 Å². The maximum atomic E-state index is 11.9. The molecular formula is C14H24O2S. The first-order valence-corrected chi connectivity index (χ1v) is 7.71. The zero-order valence-corrected chi connectivity index (χ0v) is 12.0. The fraction of sp³-hybridized carbons (Fsp3) is 0.786. The van der Waals surface area contributed by atoms with Crippen molar-refractivity contribution in [3.05, 3.63) is 11.3 Å². The van der Waals surface area contributed by atoms with Gasteiger partial charge in [-0.15, -0.1) is 0 Å². The van der Waals surface area contributed by atoms with Gasteiger partial charge in [-0.25, -0.2) is 0 Å². The highest BCUT2D eigenvalue weighted by Crippen LogP contribution is 2.35. The van der Waals surface area contributed by atoms with E-state index in [9.17, 15) is 9.90 Å². The third-order valence-electron chi connectivity index (χ3n) is 3.37. The van der Waals surface area contributed by atoms with Crippen molar-refractivity contribution < 1.29 is 9.90 Å². The van der Waals surface area contributed by atoms with Crippen molar-refractivity contribution >= 4 is 17.5 Å². The van der Waals surface area contributed by atoms with E-state index in [-0.39, 0.29) is 11.7 Å². The maximum absolute atomic E-state index is 11.9. The Labute approximate surface area is 109 Å². The van der Waals surface area contributed by atoms with Crippen molar-refractivity contribution in [3.8, 4) is 0 Å². The molecule has 2 nitrogen and oxygen atoms in total. The van der Waals surface area contributed by atoms with Crippen LogP contribution in [0.5, 0.6) is 0 Å². The molecule has 0 radical (unpaired) electrons. The van der Waals surface area contributed by atoms with E-state index < -0.39 is 0 Å². The van der Waals surface area contributed by atoms with E-state index in [4.69, 9.17) is 0 Å². The molecule has 3 heteroatoms. The lowest BCUT2D eigenvalue weighted by molar-refractivity contribution is -0.116. The molecule has 0 saturated carbocycles. The Balaban J connectivity index is 2.75. The van der Waals surface area contributed by atoms with Crippen LogP contribution in [0.25, 0.3) is 0 Å². The molecule has 0 aromatic rings. The molecule has 1 aliphatic carbocycles. The van der Waals surface area contributed by atoms with Gasteiger partial charge in [0.05, 0.1) is 5.76 Å². The first kappa shape index (κ1) is 14.6. The Bertz CT molecular complexity index is 297. The lowest BCUT2D eigenvalue weighted by atomic mass is 9.81. The topological polar surface area (TPSA) is 37.3 Å². The molecule has 0 spiro atoms. The summed E-state index contributed by atoms with van der Waals surface area (Å²) in [5, 5.41) is 10.5. The zero-order valence-electron chi connectivity index (χ0n) is 11.2. The van der Waals surface area contributed by atoms with E-state index in [1.165, 1.54) is 0 Å². The number of hydrogen-bond donors (Lipinski definition) is 1. The van der Waals surface area contributed by atoms with Crippen molar-refractivity contribution in [2.45, 2.75) is 58.1 Å². The first-order chi connectivity index (χ1) is 8.10. The minimum atomic E-state index is 0.140. The normalized spacial score (nSPS) is 22.6. The van der Waals surface area contributed by atoms with Crippen LogP contribution < -0.4 is 0 Å². The molecular weight excluding hydrogens is 232 g/mol. The molecule has 0 heterocycles. The molecule has 0 amide bonds. The van der Waals surface area contributed by atoms with E-state index in [2.05, 4.69) is 13.8 Å². The Morgan fingerprint density at radius 1 is 1.53 bits per heavy atom. The molecule has 0 fully saturated rings. The molecule has 0 saturated heterocycles. The summed E-state index contributed by atoms with van der Waals surface area (Å²) in [7, 11) is 0. The number of aliphatic hydroxyl groups excluding tert-OH is 1. The average Bonchev–Trinajstić information content (AvgIpc) is 2.28. The number of Topliss-reactive ketones (excluding diaryl/α,β-unsaturated/α-hetero) is 1. The Hall–Kier alpha value is -0.440. The second-order valence-corrected chi connectivity index (χ2v) is 6.44. The fourth-order valence-corrected chi connectivity index (χ4v) is 3.54. The predicted octanol–water partition coefficient (Wildman–Crippen LogP) is 4.11. The van der Waals surface area contributed by atoms with Crippen molar-refractivity contribution in [3.63, 3.8) is 0 Å². The Kier molecular flexibility index (Phi) is 6.10. The minimum absolute atomic E-state index is 0.140. The van der Waals surface area contributed by atoms with Crippen LogP contribution in [0.1, 0.15) is 52.9 Å². The van der Waals surface area contributed by atoms with Gasteiger partial charge in [0.15, 0.2) is 5.78 Å². The number of carbonyl (C=O) groups is 1. The predicted molar refractivity (Wildman–Crippen MR) is 74.5 cm³/mol. The highest BCUT2D eigenvalue weighted by molar-refractivity contribution is 7.99. The van der Waals surface area contributed by atoms with Crippen molar-refractivity contribution in [2.75, 3.05) is 5.75 Å². The quantitative estimate of drug-likeness (QED) is 0.777. The minimum Gasteiger partial charge on any atom is -0.512 e. The summed E-state index contributed by atoms with van der Waals surface area (Å²) in [5.74, 6) is 1.90. The fourth-order valence-electron chi connectivity index (χ4n) is 2.60. The van der Waals surface area contributed by atoms with Gasteiger partial charge in [-0.05, 0) is 30.9 Å². The number of ketones is 1. The van der Waals surface area contributed by atoms with Crippen LogP contribution in [0, 0.1) is 5.92 Å². The second kappa shape index (κ2) is 7.10. The molecule has 17 heavy (non-hydrogen) atoms. The van der Waals surface area contributed by atoms with Crippen LogP contribution in [-0.4, -0.2) is 21.9 Å². The molecule has 1 rings (SSSR count). The van der Waals surface area contributed by atoms with Gasteiger partial charge >= 0.3 is 0 Å². The summed E-state index contributed by atoms with van der Waals surface area (Å²) in [6, 6.07) is 0. The number of aliphatic hydroxyl groups is 1. The average molecular weight is 256 g/mol. The van der Waals surface area contributed by atoms with E-state index in [1.807, 2.05) is 18.7 Å². The smallest absolute Gasteiger partial charge is 0.162 e. The highest BCUT2D eigenvalue weighted by Gasteiger charge is 2.28. The zero-order chi connectivity index (χ0) is 12.8. The van der Waals surface area contributed by atoms with E-state index >= 15 is 0 Å². The van der Waals surface area contributed by atoms with Crippen LogP contribution >= 0.6 is 11.8 Å². The number of hydrogen-bond acceptors (Lipinski definition) is 3. The van der Waals surface area contributed by atoms with Crippen LogP contribution in [0.3, 0.4) is 0 Å². The first-order valence-electron chi connectivity index (χ1n) is 6.66. The van der Waals surface area contributed by atoms with Crippen molar-refractivity contribution in [2.24, 2.45) is 5.92 Å². The van der Waals surface area contributed by atoms with Crippen molar-refractivity contribution in [1.82, 2.24) is 0 Å². The molecule has 1 aliphatic rings. The molecule has 2 unspecified atom stereocenters. The molecule has 0 aliphatic heterocycles. The number of carbonyl (C=O) groups excluding carboxylic acids is 1. The molecule has 0 aromatic carbocycles. The number of thioether (sulfide) groups is 1. The van der Waals surface area contributed by atoms with Gasteiger partial charge in [0, 0.05) is 23.7 Å². The van der Waals surface area contributed by atoms with E-state index in [0.717, 1.165) is 30.6 Å². The van der Waals surface area contributed by atoms with Gasteiger partial charge in [0.25, 0.3) is 0 Å². The summed E-state index contributed by atoms with van der Waals surface area (Å²) < 4.78 is 0. The van der Waals surface area contributed by atoms with E-state index in [1.54, 1.807) is 0 Å². The summed E-state index contributed by atoms with van der Waals surface area (Å²) in [6.45, 7) is 6.25. The SMILES string of the molecule is CCSC(C)CC1CCCC(O)=C1C(=O)CC. The van der Waals surface area contributed by atoms with Crippen LogP contribution in [0.4, 0.5) is 0 Å². The summed E-state index contributed by atoms with van der Waals surface area (Å²) >= 11 is 1.93. The summed E-state index contributed by atoms with van der Waals surface area (Å²) in [6.07, 6.45) is 4.28. The van der Waals surface area contributed by atoms with Crippen molar-refractivity contribution in [1.29, 1.82) is 0 Å². The molecule has 0 aromatic heterocycles. The Morgan fingerprint density at radius 3 is 2.82 bits per heavy atom. The number of rotatable bonds is 6. The van der Waals surface area contributed by atoms with Gasteiger partial charge in [-0.2, -0.15) is 11.8 Å². The second-order valence-electron chi connectivity index (χ2n) is 4.73. The van der Waals surface area contributed by atoms with Crippen LogP contribution in [0.2, 0.25) is 0 Å². The van der Waals surface area contributed by atoms with E-state index in [0.29, 0.717) is 23.9 Å². The lowest BCUT2D eigenvalue weighted by Gasteiger charge is -2.27. The van der Waals surface area contributed by atoms with Gasteiger partial charge in [-0.1, -0.05) is 20.8 Å². The molecule has 2 atom stereocenters. The molecule has 0 bridgehead atoms. The standard InChI is InChI=1S/C14H24O2S/c1-4-12(15)14-11(7-6-8-13(14)16)9-10(3)17-5-2/h10-11,16H,4-9H2,1-3H3.